The third-order valence-corrected chi connectivity index (χ3v) is 5.98. The van der Waals surface area contributed by atoms with E-state index in [4.69, 9.17) is 0 Å². The maximum Gasteiger partial charge on any atom is 0.254 e. The summed E-state index contributed by atoms with van der Waals surface area (Å²) in [5.41, 5.74) is 2.06. The zero-order chi connectivity index (χ0) is 14.9. The van der Waals surface area contributed by atoms with Crippen molar-refractivity contribution in [2.45, 2.75) is 12.5 Å². The van der Waals surface area contributed by atoms with Crippen LogP contribution in [-0.2, 0) is 6.42 Å². The Bertz CT molecular complexity index is 777. The van der Waals surface area contributed by atoms with Gasteiger partial charge >= 0.3 is 0 Å². The number of amides is 1. The summed E-state index contributed by atoms with van der Waals surface area (Å²) < 4.78 is 0. The second kappa shape index (κ2) is 5.71. The molecule has 1 atom stereocenters. The number of carbonyl (C=O) groups is 1. The molecule has 0 fully saturated rings. The minimum absolute atomic E-state index is 0.0581. The SMILES string of the molecule is O=C(c1ccccc1)N1CCc2sccc2[C@@H]1c1cccs1. The third kappa shape index (κ3) is 2.28. The van der Waals surface area contributed by atoms with Gasteiger partial charge in [-0.15, -0.1) is 22.7 Å². The summed E-state index contributed by atoms with van der Waals surface area (Å²) in [5.74, 6) is 0.121. The average Bonchev–Trinajstić information content (AvgIpc) is 3.25. The molecule has 0 unspecified atom stereocenters. The maximum absolute atomic E-state index is 13.0. The van der Waals surface area contributed by atoms with Crippen molar-refractivity contribution in [2.75, 3.05) is 6.54 Å². The molecule has 0 aliphatic carbocycles. The normalized spacial score (nSPS) is 17.3. The molecule has 110 valence electrons. The van der Waals surface area contributed by atoms with Gasteiger partial charge in [0, 0.05) is 21.9 Å². The number of benzene rings is 1. The van der Waals surface area contributed by atoms with Crippen LogP contribution in [0.25, 0.3) is 0 Å². The summed E-state index contributed by atoms with van der Waals surface area (Å²) in [6.07, 6.45) is 0.952. The van der Waals surface area contributed by atoms with Crippen molar-refractivity contribution in [1.29, 1.82) is 0 Å². The molecule has 4 rings (SSSR count). The number of thiophene rings is 2. The molecule has 2 aromatic heterocycles. The molecule has 2 nitrogen and oxygen atoms in total. The van der Waals surface area contributed by atoms with Crippen molar-refractivity contribution in [2.24, 2.45) is 0 Å². The zero-order valence-electron chi connectivity index (χ0n) is 11.9. The van der Waals surface area contributed by atoms with Gasteiger partial charge in [0.1, 0.15) is 0 Å². The van der Waals surface area contributed by atoms with Gasteiger partial charge in [-0.25, -0.2) is 0 Å². The van der Waals surface area contributed by atoms with Gasteiger partial charge in [-0.2, -0.15) is 0 Å². The van der Waals surface area contributed by atoms with Gasteiger partial charge in [0.15, 0.2) is 0 Å². The van der Waals surface area contributed by atoms with Crippen LogP contribution in [0.3, 0.4) is 0 Å². The first-order chi connectivity index (χ1) is 10.8. The Morgan fingerprint density at radius 3 is 2.64 bits per heavy atom. The van der Waals surface area contributed by atoms with Gasteiger partial charge in [0.25, 0.3) is 5.91 Å². The fourth-order valence-corrected chi connectivity index (χ4v) is 4.79. The quantitative estimate of drug-likeness (QED) is 0.674. The Hall–Kier alpha value is -1.91. The molecule has 3 heterocycles. The molecule has 4 heteroatoms. The van der Waals surface area contributed by atoms with Crippen LogP contribution in [0.15, 0.2) is 59.3 Å². The van der Waals surface area contributed by atoms with Crippen molar-refractivity contribution in [1.82, 2.24) is 4.90 Å². The highest BCUT2D eigenvalue weighted by Gasteiger charge is 2.33. The first kappa shape index (κ1) is 13.7. The van der Waals surface area contributed by atoms with Gasteiger partial charge in [0.05, 0.1) is 6.04 Å². The summed E-state index contributed by atoms with van der Waals surface area (Å²) in [7, 11) is 0. The van der Waals surface area contributed by atoms with Gasteiger partial charge in [-0.1, -0.05) is 24.3 Å². The molecule has 0 saturated carbocycles. The molecule has 0 bridgehead atoms. The summed E-state index contributed by atoms with van der Waals surface area (Å²) in [5, 5.41) is 4.23. The number of rotatable bonds is 2. The smallest absolute Gasteiger partial charge is 0.254 e. The minimum Gasteiger partial charge on any atom is -0.326 e. The lowest BCUT2D eigenvalue weighted by molar-refractivity contribution is 0.0699. The zero-order valence-corrected chi connectivity index (χ0v) is 13.6. The first-order valence-corrected chi connectivity index (χ1v) is 9.06. The highest BCUT2D eigenvalue weighted by atomic mass is 32.1. The molecule has 1 aliphatic rings. The number of hydrogen-bond donors (Lipinski definition) is 0. The maximum atomic E-state index is 13.0. The van der Waals surface area contributed by atoms with Crippen molar-refractivity contribution in [3.63, 3.8) is 0 Å². The van der Waals surface area contributed by atoms with E-state index < -0.39 is 0 Å². The van der Waals surface area contributed by atoms with E-state index in [1.54, 1.807) is 22.7 Å². The lowest BCUT2D eigenvalue weighted by Gasteiger charge is -2.35. The largest absolute Gasteiger partial charge is 0.326 e. The lowest BCUT2D eigenvalue weighted by atomic mass is 9.97. The molecule has 0 saturated heterocycles. The van der Waals surface area contributed by atoms with Crippen LogP contribution < -0.4 is 0 Å². The predicted molar refractivity (Wildman–Crippen MR) is 91.7 cm³/mol. The van der Waals surface area contributed by atoms with Crippen LogP contribution in [0.2, 0.25) is 0 Å². The topological polar surface area (TPSA) is 20.3 Å². The summed E-state index contributed by atoms with van der Waals surface area (Å²) in [6, 6.07) is 16.0. The monoisotopic (exact) mass is 325 g/mol. The molecule has 1 aliphatic heterocycles. The molecule has 0 radical (unpaired) electrons. The Labute approximate surface area is 137 Å². The van der Waals surface area contributed by atoms with Gasteiger partial charge < -0.3 is 4.90 Å². The van der Waals surface area contributed by atoms with Crippen LogP contribution in [0.4, 0.5) is 0 Å². The number of hydrogen-bond acceptors (Lipinski definition) is 3. The molecule has 0 spiro atoms. The predicted octanol–water partition coefficient (Wildman–Crippen LogP) is 4.60. The van der Waals surface area contributed by atoms with Crippen LogP contribution >= 0.6 is 22.7 Å². The van der Waals surface area contributed by atoms with Crippen LogP contribution in [0, 0.1) is 0 Å². The van der Waals surface area contributed by atoms with Crippen molar-refractivity contribution in [3.8, 4) is 0 Å². The average molecular weight is 325 g/mol. The molecular formula is C18H15NOS2. The molecule has 1 aromatic carbocycles. The first-order valence-electron chi connectivity index (χ1n) is 7.30. The highest BCUT2D eigenvalue weighted by molar-refractivity contribution is 7.10. The molecule has 22 heavy (non-hydrogen) atoms. The van der Waals surface area contributed by atoms with Crippen LogP contribution in [0.5, 0.6) is 0 Å². The Kier molecular flexibility index (Phi) is 3.56. The van der Waals surface area contributed by atoms with Gasteiger partial charge in [-0.3, -0.25) is 4.79 Å². The van der Waals surface area contributed by atoms with E-state index in [0.29, 0.717) is 0 Å². The van der Waals surface area contributed by atoms with E-state index in [-0.39, 0.29) is 11.9 Å². The summed E-state index contributed by atoms with van der Waals surface area (Å²) >= 11 is 3.53. The number of carbonyl (C=O) groups excluding carboxylic acids is 1. The minimum atomic E-state index is 0.0581. The van der Waals surface area contributed by atoms with E-state index in [2.05, 4.69) is 29.0 Å². The van der Waals surface area contributed by atoms with Gasteiger partial charge in [0.2, 0.25) is 0 Å². The van der Waals surface area contributed by atoms with E-state index >= 15 is 0 Å². The molecule has 1 amide bonds. The second-order valence-corrected chi connectivity index (χ2v) is 7.31. The van der Waals surface area contributed by atoms with Gasteiger partial charge in [-0.05, 0) is 47.0 Å². The number of nitrogens with zero attached hydrogens (tertiary/aromatic N) is 1. The Morgan fingerprint density at radius 2 is 1.86 bits per heavy atom. The summed E-state index contributed by atoms with van der Waals surface area (Å²) in [6.45, 7) is 0.782. The van der Waals surface area contributed by atoms with Crippen LogP contribution in [-0.4, -0.2) is 17.4 Å². The number of fused-ring (bicyclic) bond motifs is 1. The third-order valence-electron chi connectivity index (χ3n) is 4.06. The van der Waals surface area contributed by atoms with Crippen molar-refractivity contribution < 1.29 is 4.79 Å². The Balaban J connectivity index is 1.77. The van der Waals surface area contributed by atoms with E-state index in [1.807, 2.05) is 35.2 Å². The van der Waals surface area contributed by atoms with E-state index in [1.165, 1.54) is 15.3 Å². The molecule has 0 N–H and O–H groups in total. The van der Waals surface area contributed by atoms with E-state index in [0.717, 1.165) is 18.5 Å². The lowest BCUT2D eigenvalue weighted by Crippen LogP contribution is -2.39. The van der Waals surface area contributed by atoms with E-state index in [9.17, 15) is 4.79 Å². The van der Waals surface area contributed by atoms with Crippen molar-refractivity contribution in [3.05, 3.63) is 80.2 Å². The summed E-state index contributed by atoms with van der Waals surface area (Å²) in [4.78, 5) is 17.6. The highest BCUT2D eigenvalue weighted by Crippen LogP contribution is 2.40. The molecule has 3 aromatic rings. The Morgan fingerprint density at radius 1 is 1.00 bits per heavy atom. The molecular weight excluding hydrogens is 310 g/mol. The standard InChI is InChI=1S/C18H15NOS2/c20-18(13-5-2-1-3-6-13)19-10-8-15-14(9-12-22-15)17(19)16-7-4-11-21-16/h1-7,9,11-12,17H,8,10H2/t17-/m1/s1. The fraction of sp³-hybridized carbons (Fsp3) is 0.167. The van der Waals surface area contributed by atoms with Crippen molar-refractivity contribution >= 4 is 28.6 Å². The fourth-order valence-electron chi connectivity index (χ4n) is 3.04. The second-order valence-electron chi connectivity index (χ2n) is 5.33. The van der Waals surface area contributed by atoms with Crippen LogP contribution in [0.1, 0.15) is 31.7 Å².